The molecule has 1 fully saturated rings. The van der Waals surface area contributed by atoms with Gasteiger partial charge in [-0.05, 0) is 48.4 Å². The first-order chi connectivity index (χ1) is 15.5. The fraction of sp³-hybridized carbons (Fsp3) is 0.444. The normalized spacial score (nSPS) is 24.5. The number of phenolic OH excluding ortho intramolecular Hbond substituents is 1. The molecule has 0 bridgehead atoms. The van der Waals surface area contributed by atoms with E-state index in [1.807, 2.05) is 0 Å². The SMILES string of the molecule is CC(C)C[C@H]1CN2C(=CC3=NC[C@H](Cc4ccccc4)N3C[C@@H]2Cc2ccc(O)cc2)N1. The fourth-order valence-corrected chi connectivity index (χ4v) is 5.38. The van der Waals surface area contributed by atoms with Crippen molar-refractivity contribution < 1.29 is 5.11 Å². The molecule has 0 aliphatic carbocycles. The number of phenols is 1. The Kier molecular flexibility index (Phi) is 5.81. The van der Waals surface area contributed by atoms with E-state index < -0.39 is 0 Å². The van der Waals surface area contributed by atoms with E-state index >= 15 is 0 Å². The van der Waals surface area contributed by atoms with Crippen molar-refractivity contribution in [2.75, 3.05) is 19.6 Å². The first-order valence-corrected chi connectivity index (χ1v) is 11.9. The number of benzene rings is 2. The van der Waals surface area contributed by atoms with Gasteiger partial charge in [0.2, 0.25) is 0 Å². The third-order valence-corrected chi connectivity index (χ3v) is 6.87. The van der Waals surface area contributed by atoms with Crippen LogP contribution < -0.4 is 5.32 Å². The van der Waals surface area contributed by atoms with Crippen molar-refractivity contribution in [1.29, 1.82) is 0 Å². The Labute approximate surface area is 191 Å². The third kappa shape index (κ3) is 4.47. The molecule has 2 aromatic rings. The number of rotatable bonds is 6. The molecule has 3 aliphatic heterocycles. The van der Waals surface area contributed by atoms with Gasteiger partial charge < -0.3 is 20.2 Å². The predicted molar refractivity (Wildman–Crippen MR) is 130 cm³/mol. The monoisotopic (exact) mass is 430 g/mol. The molecular formula is C27H34N4O. The van der Waals surface area contributed by atoms with E-state index in [2.05, 4.69) is 77.5 Å². The van der Waals surface area contributed by atoms with E-state index in [0.717, 1.165) is 38.3 Å². The highest BCUT2D eigenvalue weighted by Gasteiger charge is 2.39. The molecule has 168 valence electrons. The minimum absolute atomic E-state index is 0.326. The second-order valence-electron chi connectivity index (χ2n) is 9.87. The van der Waals surface area contributed by atoms with Crippen molar-refractivity contribution in [3.05, 3.63) is 77.6 Å². The molecule has 0 spiro atoms. The lowest BCUT2D eigenvalue weighted by molar-refractivity contribution is 0.213. The Morgan fingerprint density at radius 3 is 2.41 bits per heavy atom. The molecule has 0 unspecified atom stereocenters. The van der Waals surface area contributed by atoms with Crippen LogP contribution in [0.15, 0.2) is 71.5 Å². The lowest BCUT2D eigenvalue weighted by Crippen LogP contribution is -2.46. The minimum atomic E-state index is 0.326. The maximum Gasteiger partial charge on any atom is 0.127 e. The van der Waals surface area contributed by atoms with Crippen molar-refractivity contribution in [2.24, 2.45) is 10.9 Å². The van der Waals surface area contributed by atoms with Gasteiger partial charge in [-0.1, -0.05) is 56.3 Å². The number of fused-ring (bicyclic) bond motifs is 2. The smallest absolute Gasteiger partial charge is 0.127 e. The van der Waals surface area contributed by atoms with Crippen LogP contribution in [0.1, 0.15) is 31.4 Å². The summed E-state index contributed by atoms with van der Waals surface area (Å²) >= 11 is 0. The van der Waals surface area contributed by atoms with Gasteiger partial charge in [0.25, 0.3) is 0 Å². The maximum absolute atomic E-state index is 9.72. The van der Waals surface area contributed by atoms with E-state index in [-0.39, 0.29) is 0 Å². The zero-order valence-electron chi connectivity index (χ0n) is 19.1. The number of amidine groups is 1. The molecule has 32 heavy (non-hydrogen) atoms. The number of nitrogens with one attached hydrogen (secondary N) is 1. The highest BCUT2D eigenvalue weighted by Crippen LogP contribution is 2.29. The van der Waals surface area contributed by atoms with Gasteiger partial charge in [0, 0.05) is 25.2 Å². The number of hydrogen-bond acceptors (Lipinski definition) is 5. The average molecular weight is 431 g/mol. The molecule has 0 radical (unpaired) electrons. The van der Waals surface area contributed by atoms with Gasteiger partial charge in [-0.25, -0.2) is 0 Å². The summed E-state index contributed by atoms with van der Waals surface area (Å²) in [6.07, 6.45) is 5.43. The highest BCUT2D eigenvalue weighted by atomic mass is 16.3. The third-order valence-electron chi connectivity index (χ3n) is 6.87. The topological polar surface area (TPSA) is 51.1 Å². The zero-order chi connectivity index (χ0) is 22.1. The zero-order valence-corrected chi connectivity index (χ0v) is 19.1. The van der Waals surface area contributed by atoms with Crippen molar-refractivity contribution >= 4 is 5.84 Å². The minimum Gasteiger partial charge on any atom is -0.508 e. The summed E-state index contributed by atoms with van der Waals surface area (Å²) < 4.78 is 0. The molecule has 1 saturated heterocycles. The van der Waals surface area contributed by atoms with Gasteiger partial charge in [-0.3, -0.25) is 4.99 Å². The quantitative estimate of drug-likeness (QED) is 0.732. The number of aliphatic imine (C=N–C) groups is 1. The van der Waals surface area contributed by atoms with Gasteiger partial charge in [-0.15, -0.1) is 0 Å². The number of hydrogen-bond donors (Lipinski definition) is 2. The lowest BCUT2D eigenvalue weighted by atomic mass is 10.0. The molecule has 0 saturated carbocycles. The summed E-state index contributed by atoms with van der Waals surface area (Å²) in [4.78, 5) is 10.1. The predicted octanol–water partition coefficient (Wildman–Crippen LogP) is 3.80. The second kappa shape index (κ2) is 8.89. The molecular weight excluding hydrogens is 396 g/mol. The molecule has 3 aliphatic rings. The molecule has 5 nitrogen and oxygen atoms in total. The standard InChI is InChI=1S/C27H34N4O/c1-19(2)12-22-17-30-24(14-21-8-10-25(32)11-9-21)18-31-23(13-20-6-4-3-5-7-20)16-28-26(31)15-27(30)29-22/h3-11,15,19,22-24,29,32H,12-14,16-18H2,1-2H3/t22-,23-,24-/m0/s1. The van der Waals surface area contributed by atoms with E-state index in [4.69, 9.17) is 4.99 Å². The Morgan fingerprint density at radius 2 is 1.66 bits per heavy atom. The van der Waals surface area contributed by atoms with Crippen LogP contribution in [0.4, 0.5) is 0 Å². The lowest BCUT2D eigenvalue weighted by Gasteiger charge is -2.34. The van der Waals surface area contributed by atoms with E-state index in [9.17, 15) is 5.11 Å². The van der Waals surface area contributed by atoms with Crippen LogP contribution in [-0.2, 0) is 12.8 Å². The van der Waals surface area contributed by atoms with Crippen LogP contribution in [0, 0.1) is 5.92 Å². The summed E-state index contributed by atoms with van der Waals surface area (Å²) in [5, 5.41) is 13.5. The first kappa shape index (κ1) is 20.9. The first-order valence-electron chi connectivity index (χ1n) is 11.9. The molecule has 5 rings (SSSR count). The van der Waals surface area contributed by atoms with Crippen LogP contribution in [0.2, 0.25) is 0 Å². The molecule has 0 aromatic heterocycles. The molecule has 2 aromatic carbocycles. The summed E-state index contributed by atoms with van der Waals surface area (Å²) in [6, 6.07) is 19.7. The Hall–Kier alpha value is -2.95. The summed E-state index contributed by atoms with van der Waals surface area (Å²) in [5.41, 5.74) is 2.63. The van der Waals surface area contributed by atoms with Crippen LogP contribution >= 0.6 is 0 Å². The van der Waals surface area contributed by atoms with Crippen LogP contribution in [0.25, 0.3) is 0 Å². The number of nitrogens with zero attached hydrogens (tertiary/aromatic N) is 3. The van der Waals surface area contributed by atoms with E-state index in [0.29, 0.717) is 29.8 Å². The summed E-state index contributed by atoms with van der Waals surface area (Å²) in [7, 11) is 0. The number of aromatic hydroxyl groups is 1. The largest absolute Gasteiger partial charge is 0.508 e. The van der Waals surface area contributed by atoms with E-state index in [1.54, 1.807) is 12.1 Å². The van der Waals surface area contributed by atoms with Crippen molar-refractivity contribution in [3.8, 4) is 5.75 Å². The fourth-order valence-electron chi connectivity index (χ4n) is 5.38. The summed E-state index contributed by atoms with van der Waals surface area (Å²) in [5.74, 6) is 3.34. The Balaban J connectivity index is 1.41. The van der Waals surface area contributed by atoms with Gasteiger partial charge >= 0.3 is 0 Å². The molecule has 2 N–H and O–H groups in total. The van der Waals surface area contributed by atoms with Crippen molar-refractivity contribution in [1.82, 2.24) is 15.1 Å². The van der Waals surface area contributed by atoms with Crippen molar-refractivity contribution in [3.63, 3.8) is 0 Å². The van der Waals surface area contributed by atoms with E-state index in [1.165, 1.54) is 23.4 Å². The van der Waals surface area contributed by atoms with Gasteiger partial charge in [0.1, 0.15) is 17.4 Å². The Bertz CT molecular complexity index is 982. The summed E-state index contributed by atoms with van der Waals surface area (Å²) in [6.45, 7) is 7.45. The molecule has 0 amide bonds. The van der Waals surface area contributed by atoms with Crippen LogP contribution in [0.5, 0.6) is 5.75 Å². The molecule has 5 heteroatoms. The maximum atomic E-state index is 9.72. The van der Waals surface area contributed by atoms with Crippen molar-refractivity contribution in [2.45, 2.75) is 51.2 Å². The molecule has 3 atom stereocenters. The Morgan fingerprint density at radius 1 is 0.938 bits per heavy atom. The van der Waals surface area contributed by atoms with Gasteiger partial charge in [0.15, 0.2) is 0 Å². The second-order valence-corrected chi connectivity index (χ2v) is 9.87. The van der Waals surface area contributed by atoms with Gasteiger partial charge in [0.05, 0.1) is 18.6 Å². The van der Waals surface area contributed by atoms with Gasteiger partial charge in [-0.2, -0.15) is 0 Å². The van der Waals surface area contributed by atoms with Crippen LogP contribution in [-0.4, -0.2) is 58.5 Å². The van der Waals surface area contributed by atoms with Crippen LogP contribution in [0.3, 0.4) is 0 Å². The average Bonchev–Trinajstić information content (AvgIpc) is 3.30. The highest BCUT2D eigenvalue weighted by molar-refractivity contribution is 5.95. The molecule has 3 heterocycles.